The second kappa shape index (κ2) is 6.30. The van der Waals surface area contributed by atoms with Gasteiger partial charge in [-0.25, -0.2) is 9.82 Å². The summed E-state index contributed by atoms with van der Waals surface area (Å²) in [5, 5.41) is 4.55. The van der Waals surface area contributed by atoms with Crippen LogP contribution in [0.3, 0.4) is 0 Å². The van der Waals surface area contributed by atoms with Crippen LogP contribution in [-0.4, -0.2) is 11.6 Å². The number of hydrogen-bond donors (Lipinski definition) is 1. The Morgan fingerprint density at radius 2 is 1.60 bits per heavy atom. The number of benzene rings is 2. The van der Waals surface area contributed by atoms with Gasteiger partial charge in [0.2, 0.25) is 0 Å². The van der Waals surface area contributed by atoms with Gasteiger partial charge in [0.25, 0.3) is 5.91 Å². The molecular formula is C15H12ClFN2O. The van der Waals surface area contributed by atoms with Crippen molar-refractivity contribution >= 4 is 23.2 Å². The minimum absolute atomic E-state index is 0.313. The van der Waals surface area contributed by atoms with E-state index in [1.165, 1.54) is 12.1 Å². The Morgan fingerprint density at radius 1 is 1.05 bits per heavy atom. The number of nitrogens with one attached hydrogen (secondary N) is 1. The van der Waals surface area contributed by atoms with Gasteiger partial charge in [-0.15, -0.1) is 0 Å². The van der Waals surface area contributed by atoms with Gasteiger partial charge in [0.1, 0.15) is 5.82 Å². The van der Waals surface area contributed by atoms with E-state index in [-0.39, 0.29) is 11.7 Å². The van der Waals surface area contributed by atoms with Gasteiger partial charge < -0.3 is 0 Å². The van der Waals surface area contributed by atoms with Crippen LogP contribution >= 0.6 is 11.6 Å². The molecule has 5 heteroatoms. The molecule has 2 aromatic carbocycles. The first-order valence-corrected chi connectivity index (χ1v) is 6.30. The van der Waals surface area contributed by atoms with E-state index in [9.17, 15) is 9.18 Å². The van der Waals surface area contributed by atoms with Gasteiger partial charge in [0.05, 0.1) is 5.71 Å². The molecule has 1 amide bonds. The van der Waals surface area contributed by atoms with Crippen LogP contribution in [0.2, 0.25) is 5.02 Å². The molecule has 1 N–H and O–H groups in total. The lowest BCUT2D eigenvalue weighted by molar-refractivity contribution is 0.0955. The number of hydrogen-bond acceptors (Lipinski definition) is 2. The van der Waals surface area contributed by atoms with Crippen molar-refractivity contribution < 1.29 is 9.18 Å². The number of nitrogens with zero attached hydrogens (tertiary/aromatic N) is 1. The van der Waals surface area contributed by atoms with E-state index in [4.69, 9.17) is 11.6 Å². The first-order chi connectivity index (χ1) is 9.56. The summed E-state index contributed by atoms with van der Waals surface area (Å²) in [7, 11) is 0. The molecule has 0 heterocycles. The zero-order valence-electron chi connectivity index (χ0n) is 10.7. The highest BCUT2D eigenvalue weighted by Crippen LogP contribution is 2.09. The van der Waals surface area contributed by atoms with E-state index < -0.39 is 0 Å². The van der Waals surface area contributed by atoms with E-state index in [0.29, 0.717) is 16.3 Å². The molecule has 0 fully saturated rings. The molecule has 0 spiro atoms. The Bertz CT molecular complexity index is 636. The highest BCUT2D eigenvalue weighted by Gasteiger charge is 2.04. The number of halogens is 2. The third kappa shape index (κ3) is 3.65. The molecule has 0 aliphatic heterocycles. The fourth-order valence-corrected chi connectivity index (χ4v) is 1.68. The lowest BCUT2D eigenvalue weighted by Crippen LogP contribution is -2.19. The summed E-state index contributed by atoms with van der Waals surface area (Å²) in [6.07, 6.45) is 0. The maximum Gasteiger partial charge on any atom is 0.271 e. The number of carbonyl (C=O) groups excluding carboxylic acids is 1. The van der Waals surface area contributed by atoms with E-state index in [2.05, 4.69) is 10.5 Å². The standard InChI is InChI=1S/C15H12ClFN2O/c1-10(11-4-8-14(17)9-5-11)18-19-15(20)12-2-6-13(16)7-3-12/h2-9H,1H3,(H,19,20). The molecule has 0 aromatic heterocycles. The van der Waals surface area contributed by atoms with Gasteiger partial charge in [-0.1, -0.05) is 23.7 Å². The molecule has 0 radical (unpaired) electrons. The molecule has 0 bridgehead atoms. The number of carbonyl (C=O) groups is 1. The second-order valence-corrected chi connectivity index (χ2v) is 4.59. The Morgan fingerprint density at radius 3 is 2.20 bits per heavy atom. The van der Waals surface area contributed by atoms with Crippen LogP contribution in [-0.2, 0) is 0 Å². The lowest BCUT2D eigenvalue weighted by atomic mass is 10.1. The molecule has 0 unspecified atom stereocenters. The largest absolute Gasteiger partial charge is 0.271 e. The van der Waals surface area contributed by atoms with Gasteiger partial charge in [-0.3, -0.25) is 4.79 Å². The summed E-state index contributed by atoms with van der Waals surface area (Å²) in [4.78, 5) is 11.8. The summed E-state index contributed by atoms with van der Waals surface area (Å²) in [5.74, 6) is -0.644. The van der Waals surface area contributed by atoms with Gasteiger partial charge in [0.15, 0.2) is 0 Å². The molecule has 0 atom stereocenters. The summed E-state index contributed by atoms with van der Waals surface area (Å²) in [6, 6.07) is 12.4. The van der Waals surface area contributed by atoms with Crippen LogP contribution in [0.4, 0.5) is 4.39 Å². The molecule has 102 valence electrons. The molecular weight excluding hydrogens is 279 g/mol. The normalized spacial score (nSPS) is 11.2. The van der Waals surface area contributed by atoms with Crippen molar-refractivity contribution in [1.29, 1.82) is 0 Å². The minimum atomic E-state index is -0.330. The summed E-state index contributed by atoms with van der Waals surface area (Å²) in [6.45, 7) is 1.73. The first-order valence-electron chi connectivity index (χ1n) is 5.92. The van der Waals surface area contributed by atoms with Gasteiger partial charge in [-0.2, -0.15) is 5.10 Å². The highest BCUT2D eigenvalue weighted by molar-refractivity contribution is 6.30. The predicted octanol–water partition coefficient (Wildman–Crippen LogP) is 3.63. The average molecular weight is 291 g/mol. The molecule has 20 heavy (non-hydrogen) atoms. The van der Waals surface area contributed by atoms with Crippen LogP contribution in [0.15, 0.2) is 53.6 Å². The maximum absolute atomic E-state index is 12.8. The molecule has 0 saturated carbocycles. The Kier molecular flexibility index (Phi) is 4.48. The Balaban J connectivity index is 2.06. The molecule has 0 aliphatic carbocycles. The summed E-state index contributed by atoms with van der Waals surface area (Å²) in [5.41, 5.74) is 4.24. The zero-order chi connectivity index (χ0) is 14.5. The van der Waals surface area contributed by atoms with E-state index in [1.807, 2.05) is 0 Å². The van der Waals surface area contributed by atoms with Crippen molar-refractivity contribution in [2.75, 3.05) is 0 Å². The van der Waals surface area contributed by atoms with Crippen molar-refractivity contribution in [3.63, 3.8) is 0 Å². The average Bonchev–Trinajstić information content (AvgIpc) is 2.46. The Hall–Kier alpha value is -2.20. The van der Waals surface area contributed by atoms with Gasteiger partial charge in [-0.05, 0) is 48.9 Å². The topological polar surface area (TPSA) is 41.5 Å². The molecule has 0 saturated heterocycles. The smallest absolute Gasteiger partial charge is 0.267 e. The number of amides is 1. The summed E-state index contributed by atoms with van der Waals surface area (Å²) >= 11 is 5.75. The van der Waals surface area contributed by atoms with Crippen LogP contribution in [0.25, 0.3) is 0 Å². The fraction of sp³-hybridized carbons (Fsp3) is 0.0667. The molecule has 2 aromatic rings. The predicted molar refractivity (Wildman–Crippen MR) is 77.5 cm³/mol. The third-order valence-electron chi connectivity index (χ3n) is 2.69. The van der Waals surface area contributed by atoms with Crippen LogP contribution < -0.4 is 5.43 Å². The number of hydrazone groups is 1. The van der Waals surface area contributed by atoms with Crippen LogP contribution in [0, 0.1) is 5.82 Å². The van der Waals surface area contributed by atoms with Gasteiger partial charge in [0, 0.05) is 10.6 Å². The first kappa shape index (κ1) is 14.2. The van der Waals surface area contributed by atoms with Crippen molar-refractivity contribution in [3.05, 3.63) is 70.5 Å². The van der Waals surface area contributed by atoms with E-state index in [1.54, 1.807) is 43.3 Å². The summed E-state index contributed by atoms with van der Waals surface area (Å²) < 4.78 is 12.8. The highest BCUT2D eigenvalue weighted by atomic mass is 35.5. The monoisotopic (exact) mass is 290 g/mol. The maximum atomic E-state index is 12.8. The quantitative estimate of drug-likeness (QED) is 0.680. The zero-order valence-corrected chi connectivity index (χ0v) is 11.5. The molecule has 0 aliphatic rings. The van der Waals surface area contributed by atoms with Crippen molar-refractivity contribution in [1.82, 2.24) is 5.43 Å². The minimum Gasteiger partial charge on any atom is -0.267 e. The van der Waals surface area contributed by atoms with Crippen LogP contribution in [0.1, 0.15) is 22.8 Å². The molecule has 2 rings (SSSR count). The van der Waals surface area contributed by atoms with E-state index in [0.717, 1.165) is 5.56 Å². The Labute approximate surface area is 121 Å². The second-order valence-electron chi connectivity index (χ2n) is 4.15. The van der Waals surface area contributed by atoms with E-state index >= 15 is 0 Å². The lowest BCUT2D eigenvalue weighted by Gasteiger charge is -2.03. The third-order valence-corrected chi connectivity index (χ3v) is 2.95. The fourth-order valence-electron chi connectivity index (χ4n) is 1.56. The number of rotatable bonds is 3. The molecule has 3 nitrogen and oxygen atoms in total. The van der Waals surface area contributed by atoms with Crippen molar-refractivity contribution in [2.45, 2.75) is 6.92 Å². The van der Waals surface area contributed by atoms with Crippen molar-refractivity contribution in [2.24, 2.45) is 5.10 Å². The van der Waals surface area contributed by atoms with Crippen LogP contribution in [0.5, 0.6) is 0 Å². The van der Waals surface area contributed by atoms with Gasteiger partial charge >= 0.3 is 0 Å². The van der Waals surface area contributed by atoms with Crippen molar-refractivity contribution in [3.8, 4) is 0 Å². The SMILES string of the molecule is CC(=NNC(=O)c1ccc(Cl)cc1)c1ccc(F)cc1.